The van der Waals surface area contributed by atoms with Gasteiger partial charge in [0.25, 0.3) is 5.91 Å². The van der Waals surface area contributed by atoms with E-state index in [0.717, 1.165) is 11.3 Å². The van der Waals surface area contributed by atoms with Gasteiger partial charge >= 0.3 is 6.03 Å². The molecule has 0 saturated carbocycles. The molecule has 0 aromatic heterocycles. The summed E-state index contributed by atoms with van der Waals surface area (Å²) in [7, 11) is 3.77. The van der Waals surface area contributed by atoms with Crippen LogP contribution in [0.2, 0.25) is 0 Å². The zero-order chi connectivity index (χ0) is 19.4. The van der Waals surface area contributed by atoms with Gasteiger partial charge in [-0.2, -0.15) is 0 Å². The standard InChI is InChI=1S/C20H23FN4O2/c1-24(2)18(15-4-3-5-16(21)12-15)13-23-19(26)14-6-8-17(9-7-14)25-11-10-22-20(25)27/h3-9,12,18H,10-11,13H2,1-2H3,(H,22,27)(H,23,26). The number of rotatable bonds is 6. The van der Waals surface area contributed by atoms with Crippen molar-refractivity contribution in [1.82, 2.24) is 15.5 Å². The minimum Gasteiger partial charge on any atom is -0.350 e. The highest BCUT2D eigenvalue weighted by molar-refractivity contribution is 5.97. The maximum Gasteiger partial charge on any atom is 0.321 e. The van der Waals surface area contributed by atoms with E-state index >= 15 is 0 Å². The fraction of sp³-hybridized carbons (Fsp3) is 0.300. The summed E-state index contributed by atoms with van der Waals surface area (Å²) in [5.74, 6) is -0.511. The first-order valence-electron chi connectivity index (χ1n) is 8.81. The highest BCUT2D eigenvalue weighted by Gasteiger charge is 2.21. The Kier molecular flexibility index (Phi) is 5.71. The molecule has 1 heterocycles. The van der Waals surface area contributed by atoms with E-state index in [1.165, 1.54) is 12.1 Å². The molecule has 2 N–H and O–H groups in total. The van der Waals surface area contributed by atoms with Crippen molar-refractivity contribution < 1.29 is 14.0 Å². The number of hydrogen-bond acceptors (Lipinski definition) is 3. The Morgan fingerprint density at radius 3 is 2.59 bits per heavy atom. The monoisotopic (exact) mass is 370 g/mol. The quantitative estimate of drug-likeness (QED) is 0.821. The number of carbonyl (C=O) groups is 2. The van der Waals surface area contributed by atoms with E-state index in [9.17, 15) is 14.0 Å². The molecule has 1 unspecified atom stereocenters. The van der Waals surface area contributed by atoms with Crippen LogP contribution in [0.15, 0.2) is 48.5 Å². The SMILES string of the molecule is CN(C)C(CNC(=O)c1ccc(N2CCNC2=O)cc1)c1cccc(F)c1. The first kappa shape index (κ1) is 18.8. The fourth-order valence-corrected chi connectivity index (χ4v) is 3.11. The normalized spacial score (nSPS) is 15.0. The van der Waals surface area contributed by atoms with Crippen LogP contribution in [-0.4, -0.2) is 50.6 Å². The molecular formula is C20H23FN4O2. The minimum atomic E-state index is -0.299. The van der Waals surface area contributed by atoms with Crippen LogP contribution < -0.4 is 15.5 Å². The van der Waals surface area contributed by atoms with E-state index in [-0.39, 0.29) is 23.8 Å². The molecule has 0 aliphatic carbocycles. The summed E-state index contributed by atoms with van der Waals surface area (Å²) in [5, 5.41) is 5.64. The smallest absolute Gasteiger partial charge is 0.321 e. The van der Waals surface area contributed by atoms with E-state index in [4.69, 9.17) is 0 Å². The Morgan fingerprint density at radius 2 is 2.00 bits per heavy atom. The van der Waals surface area contributed by atoms with Crippen molar-refractivity contribution in [3.8, 4) is 0 Å². The Bertz CT molecular complexity index is 823. The van der Waals surface area contributed by atoms with Crippen LogP contribution in [0.5, 0.6) is 0 Å². The maximum atomic E-state index is 13.5. The third-order valence-electron chi connectivity index (χ3n) is 4.61. The average Bonchev–Trinajstić information content (AvgIpc) is 3.07. The Hall–Kier alpha value is -2.93. The van der Waals surface area contributed by atoms with Crippen molar-refractivity contribution in [1.29, 1.82) is 0 Å². The van der Waals surface area contributed by atoms with Gasteiger partial charge in [0.2, 0.25) is 0 Å². The molecule has 3 amide bonds. The fourth-order valence-electron chi connectivity index (χ4n) is 3.11. The topological polar surface area (TPSA) is 64.7 Å². The van der Waals surface area contributed by atoms with E-state index in [0.29, 0.717) is 25.2 Å². The van der Waals surface area contributed by atoms with Gasteiger partial charge in [0, 0.05) is 30.9 Å². The van der Waals surface area contributed by atoms with Crippen LogP contribution in [0.25, 0.3) is 0 Å². The number of amides is 3. The van der Waals surface area contributed by atoms with Crippen molar-refractivity contribution in [2.75, 3.05) is 38.6 Å². The van der Waals surface area contributed by atoms with Crippen LogP contribution in [0.1, 0.15) is 22.0 Å². The van der Waals surface area contributed by atoms with Gasteiger partial charge in [-0.1, -0.05) is 12.1 Å². The van der Waals surface area contributed by atoms with Crippen molar-refractivity contribution in [3.05, 3.63) is 65.5 Å². The molecule has 0 spiro atoms. The highest BCUT2D eigenvalue weighted by Crippen LogP contribution is 2.19. The summed E-state index contributed by atoms with van der Waals surface area (Å²) >= 11 is 0. The number of benzene rings is 2. The van der Waals surface area contributed by atoms with E-state index in [2.05, 4.69) is 10.6 Å². The molecule has 7 heteroatoms. The number of halogens is 1. The molecule has 1 fully saturated rings. The molecule has 1 atom stereocenters. The van der Waals surface area contributed by atoms with Crippen molar-refractivity contribution in [2.24, 2.45) is 0 Å². The van der Waals surface area contributed by atoms with Gasteiger partial charge in [0.15, 0.2) is 0 Å². The van der Waals surface area contributed by atoms with Gasteiger partial charge in [-0.3, -0.25) is 9.69 Å². The number of nitrogens with zero attached hydrogens (tertiary/aromatic N) is 2. The molecule has 1 saturated heterocycles. The lowest BCUT2D eigenvalue weighted by Gasteiger charge is -2.25. The van der Waals surface area contributed by atoms with E-state index in [1.54, 1.807) is 35.2 Å². The van der Waals surface area contributed by atoms with Crippen LogP contribution in [0.4, 0.5) is 14.9 Å². The van der Waals surface area contributed by atoms with Crippen LogP contribution in [0.3, 0.4) is 0 Å². The number of nitrogens with one attached hydrogen (secondary N) is 2. The molecule has 2 aromatic carbocycles. The third kappa shape index (κ3) is 4.43. The highest BCUT2D eigenvalue weighted by atomic mass is 19.1. The molecule has 27 heavy (non-hydrogen) atoms. The van der Waals surface area contributed by atoms with E-state index in [1.807, 2.05) is 25.1 Å². The minimum absolute atomic E-state index is 0.129. The second kappa shape index (κ2) is 8.18. The van der Waals surface area contributed by atoms with Gasteiger partial charge in [-0.25, -0.2) is 9.18 Å². The zero-order valence-electron chi connectivity index (χ0n) is 15.4. The van der Waals surface area contributed by atoms with Crippen molar-refractivity contribution >= 4 is 17.6 Å². The van der Waals surface area contributed by atoms with Crippen LogP contribution >= 0.6 is 0 Å². The molecule has 1 aliphatic rings. The largest absolute Gasteiger partial charge is 0.350 e. The van der Waals surface area contributed by atoms with Gasteiger partial charge in [0.05, 0.1) is 6.04 Å². The van der Waals surface area contributed by atoms with Crippen LogP contribution in [-0.2, 0) is 0 Å². The molecular weight excluding hydrogens is 347 g/mol. The Morgan fingerprint density at radius 1 is 1.26 bits per heavy atom. The molecule has 142 valence electrons. The zero-order valence-corrected chi connectivity index (χ0v) is 15.4. The second-order valence-electron chi connectivity index (χ2n) is 6.67. The Labute approximate surface area is 158 Å². The molecule has 0 bridgehead atoms. The summed E-state index contributed by atoms with van der Waals surface area (Å²) in [4.78, 5) is 27.7. The van der Waals surface area contributed by atoms with Gasteiger partial charge in [-0.15, -0.1) is 0 Å². The lowest BCUT2D eigenvalue weighted by atomic mass is 10.1. The maximum absolute atomic E-state index is 13.5. The first-order chi connectivity index (χ1) is 13.0. The van der Waals surface area contributed by atoms with Gasteiger partial charge in [-0.05, 0) is 56.1 Å². The average molecular weight is 370 g/mol. The van der Waals surface area contributed by atoms with Crippen molar-refractivity contribution in [2.45, 2.75) is 6.04 Å². The van der Waals surface area contributed by atoms with Crippen molar-refractivity contribution in [3.63, 3.8) is 0 Å². The third-order valence-corrected chi connectivity index (χ3v) is 4.61. The summed E-state index contributed by atoms with van der Waals surface area (Å²) in [6.07, 6.45) is 0. The Balaban J connectivity index is 1.64. The number of carbonyl (C=O) groups excluding carboxylic acids is 2. The van der Waals surface area contributed by atoms with Gasteiger partial charge in [0.1, 0.15) is 5.82 Å². The molecule has 0 radical (unpaired) electrons. The number of urea groups is 1. The number of likely N-dealkylation sites (N-methyl/N-ethyl adjacent to an activating group) is 1. The van der Waals surface area contributed by atoms with Crippen LogP contribution in [0, 0.1) is 5.82 Å². The van der Waals surface area contributed by atoms with E-state index < -0.39 is 0 Å². The molecule has 3 rings (SSSR count). The summed E-state index contributed by atoms with van der Waals surface area (Å²) in [6, 6.07) is 13.0. The summed E-state index contributed by atoms with van der Waals surface area (Å²) in [6.45, 7) is 1.58. The molecule has 1 aliphatic heterocycles. The lowest BCUT2D eigenvalue weighted by molar-refractivity contribution is 0.0942. The lowest BCUT2D eigenvalue weighted by Crippen LogP contribution is -2.34. The summed E-state index contributed by atoms with van der Waals surface area (Å²) in [5.41, 5.74) is 2.07. The number of hydrogen-bond donors (Lipinski definition) is 2. The first-order valence-corrected chi connectivity index (χ1v) is 8.81. The molecule has 6 nitrogen and oxygen atoms in total. The molecule has 2 aromatic rings. The predicted molar refractivity (Wildman–Crippen MR) is 102 cm³/mol. The number of anilines is 1. The second-order valence-corrected chi connectivity index (χ2v) is 6.67. The van der Waals surface area contributed by atoms with Gasteiger partial charge < -0.3 is 15.5 Å². The summed E-state index contributed by atoms with van der Waals surface area (Å²) < 4.78 is 13.5. The predicted octanol–water partition coefficient (Wildman–Crippen LogP) is 2.39.